The van der Waals surface area contributed by atoms with Crippen LogP contribution in [0, 0.1) is 0 Å². The number of halogens is 1. The fourth-order valence-electron chi connectivity index (χ4n) is 0.619. The zero-order chi connectivity index (χ0) is 6.85. The minimum atomic E-state index is 0.682. The molecule has 0 N–H and O–H groups in total. The van der Waals surface area contributed by atoms with Crippen molar-refractivity contribution in [3.8, 4) is 0 Å². The summed E-state index contributed by atoms with van der Waals surface area (Å²) in [7, 11) is 1.83. The van der Waals surface area contributed by atoms with Crippen LogP contribution >= 0.6 is 15.9 Å². The molecule has 0 aliphatic rings. The van der Waals surface area contributed by atoms with Gasteiger partial charge in [-0.2, -0.15) is 0 Å². The Morgan fingerprint density at radius 2 is 2.33 bits per heavy atom. The van der Waals surface area contributed by atoms with Crippen molar-refractivity contribution in [2.75, 3.05) is 0 Å². The summed E-state index contributed by atoms with van der Waals surface area (Å²) in [5.74, 6) is 0. The molecule has 0 bridgehead atoms. The second-order valence-corrected chi connectivity index (χ2v) is 2.57. The van der Waals surface area contributed by atoms with Crippen molar-refractivity contribution in [1.82, 2.24) is 4.57 Å². The van der Waals surface area contributed by atoms with Crippen molar-refractivity contribution in [2.24, 2.45) is 7.05 Å². The predicted molar refractivity (Wildman–Crippen MR) is 38.5 cm³/mol. The fraction of sp³-hybridized carbons (Fsp3) is 0.167. The summed E-state index contributed by atoms with van der Waals surface area (Å²) >= 11 is 3.26. The molecule has 3 heteroatoms. The molecule has 0 amide bonds. The van der Waals surface area contributed by atoms with Crippen LogP contribution in [0.4, 0.5) is 0 Å². The van der Waals surface area contributed by atoms with E-state index in [-0.39, 0.29) is 0 Å². The van der Waals surface area contributed by atoms with Crippen LogP contribution in [-0.4, -0.2) is 10.9 Å². The summed E-state index contributed by atoms with van der Waals surface area (Å²) in [6, 6.07) is 3.60. The third kappa shape index (κ3) is 1.05. The zero-order valence-electron chi connectivity index (χ0n) is 4.97. The van der Waals surface area contributed by atoms with Gasteiger partial charge < -0.3 is 4.57 Å². The van der Waals surface area contributed by atoms with Crippen LogP contribution < -0.4 is 0 Å². The molecule has 1 aromatic heterocycles. The minimum absolute atomic E-state index is 0.682. The molecule has 0 aromatic carbocycles. The summed E-state index contributed by atoms with van der Waals surface area (Å²) in [4.78, 5) is 10.2. The number of hydrogen-bond donors (Lipinski definition) is 0. The molecule has 0 atom stereocenters. The summed E-state index contributed by atoms with van der Waals surface area (Å²) < 4.78 is 2.69. The van der Waals surface area contributed by atoms with E-state index in [0.717, 1.165) is 10.9 Å². The number of aromatic nitrogens is 1. The molecule has 0 fully saturated rings. The SMILES string of the molecule is Cn1c(Br)ccc1C=O. The second kappa shape index (κ2) is 2.35. The van der Waals surface area contributed by atoms with Gasteiger partial charge in [0.05, 0.1) is 10.3 Å². The van der Waals surface area contributed by atoms with Crippen LogP contribution in [0.5, 0.6) is 0 Å². The summed E-state index contributed by atoms with van der Waals surface area (Å²) in [6.07, 6.45) is 0.824. The van der Waals surface area contributed by atoms with E-state index >= 15 is 0 Å². The third-order valence-electron chi connectivity index (χ3n) is 1.22. The van der Waals surface area contributed by atoms with Crippen molar-refractivity contribution in [3.63, 3.8) is 0 Å². The van der Waals surface area contributed by atoms with Gasteiger partial charge in [0, 0.05) is 7.05 Å². The first-order valence-corrected chi connectivity index (χ1v) is 3.31. The van der Waals surface area contributed by atoms with Gasteiger partial charge in [0.1, 0.15) is 0 Å². The smallest absolute Gasteiger partial charge is 0.166 e. The maximum Gasteiger partial charge on any atom is 0.166 e. The predicted octanol–water partition coefficient (Wildman–Crippen LogP) is 1.60. The number of rotatable bonds is 1. The highest BCUT2D eigenvalue weighted by Crippen LogP contribution is 2.11. The lowest BCUT2D eigenvalue weighted by Gasteiger charge is -1.93. The lowest BCUT2D eigenvalue weighted by atomic mass is 10.5. The van der Waals surface area contributed by atoms with Gasteiger partial charge in [-0.3, -0.25) is 4.79 Å². The van der Waals surface area contributed by atoms with Crippen LogP contribution in [-0.2, 0) is 7.05 Å². The van der Waals surface area contributed by atoms with E-state index in [1.807, 2.05) is 13.1 Å². The molecular weight excluding hydrogens is 182 g/mol. The van der Waals surface area contributed by atoms with Crippen LogP contribution in [0.25, 0.3) is 0 Å². The third-order valence-corrected chi connectivity index (χ3v) is 2.02. The molecule has 1 rings (SSSR count). The number of aldehydes is 1. The summed E-state index contributed by atoms with van der Waals surface area (Å²) in [6.45, 7) is 0. The number of carbonyl (C=O) groups is 1. The van der Waals surface area contributed by atoms with E-state index in [2.05, 4.69) is 15.9 Å². The Hall–Kier alpha value is -0.570. The molecule has 0 saturated carbocycles. The first-order valence-electron chi connectivity index (χ1n) is 2.52. The standard InChI is InChI=1S/C6H6BrNO/c1-8-5(4-9)2-3-6(8)7/h2-4H,1H3. The molecule has 0 aliphatic heterocycles. The molecule has 0 spiro atoms. The van der Waals surface area contributed by atoms with Gasteiger partial charge in [-0.15, -0.1) is 0 Å². The largest absolute Gasteiger partial charge is 0.336 e. The van der Waals surface area contributed by atoms with Crippen molar-refractivity contribution in [2.45, 2.75) is 0 Å². The van der Waals surface area contributed by atoms with Crippen LogP contribution in [0.1, 0.15) is 10.5 Å². The quantitative estimate of drug-likeness (QED) is 0.613. The van der Waals surface area contributed by atoms with E-state index in [1.165, 1.54) is 0 Å². The average molecular weight is 188 g/mol. The highest BCUT2D eigenvalue weighted by atomic mass is 79.9. The molecular formula is C6H6BrNO. The normalized spacial score (nSPS) is 9.56. The van der Waals surface area contributed by atoms with Crippen molar-refractivity contribution >= 4 is 22.2 Å². The minimum Gasteiger partial charge on any atom is -0.336 e. The van der Waals surface area contributed by atoms with Gasteiger partial charge in [0.25, 0.3) is 0 Å². The highest BCUT2D eigenvalue weighted by Gasteiger charge is 1.97. The van der Waals surface area contributed by atoms with E-state index in [9.17, 15) is 4.79 Å². The lowest BCUT2D eigenvalue weighted by Crippen LogP contribution is -1.92. The Labute approximate surface area is 61.6 Å². The molecule has 1 aromatic rings. The van der Waals surface area contributed by atoms with Crippen molar-refractivity contribution in [3.05, 3.63) is 22.4 Å². The summed E-state index contributed by atoms with van der Waals surface area (Å²) in [5.41, 5.74) is 0.682. The van der Waals surface area contributed by atoms with E-state index in [0.29, 0.717) is 5.69 Å². The van der Waals surface area contributed by atoms with Gasteiger partial charge in [-0.05, 0) is 28.1 Å². The molecule has 1 heterocycles. The van der Waals surface area contributed by atoms with Gasteiger partial charge in [-0.25, -0.2) is 0 Å². The van der Waals surface area contributed by atoms with Crippen molar-refractivity contribution < 1.29 is 4.79 Å². The van der Waals surface area contributed by atoms with Crippen LogP contribution in [0.15, 0.2) is 16.7 Å². The maximum absolute atomic E-state index is 10.2. The summed E-state index contributed by atoms with van der Waals surface area (Å²) in [5, 5.41) is 0. The topological polar surface area (TPSA) is 22.0 Å². The molecule has 0 radical (unpaired) electrons. The van der Waals surface area contributed by atoms with Gasteiger partial charge in [0.2, 0.25) is 0 Å². The molecule has 9 heavy (non-hydrogen) atoms. The number of nitrogens with zero attached hydrogens (tertiary/aromatic N) is 1. The Bertz CT molecular complexity index is 229. The van der Waals surface area contributed by atoms with Gasteiger partial charge in [0.15, 0.2) is 6.29 Å². The molecule has 0 unspecified atom stereocenters. The van der Waals surface area contributed by atoms with E-state index in [1.54, 1.807) is 10.6 Å². The maximum atomic E-state index is 10.2. The Balaban J connectivity index is 3.18. The Kier molecular flexibility index (Phi) is 1.71. The molecule has 48 valence electrons. The van der Waals surface area contributed by atoms with E-state index < -0.39 is 0 Å². The van der Waals surface area contributed by atoms with E-state index in [4.69, 9.17) is 0 Å². The Morgan fingerprint density at radius 3 is 2.56 bits per heavy atom. The van der Waals surface area contributed by atoms with Crippen molar-refractivity contribution in [1.29, 1.82) is 0 Å². The second-order valence-electron chi connectivity index (χ2n) is 1.76. The lowest BCUT2D eigenvalue weighted by molar-refractivity contribution is 0.111. The zero-order valence-corrected chi connectivity index (χ0v) is 6.55. The average Bonchev–Trinajstić information content (AvgIpc) is 2.15. The molecule has 0 saturated heterocycles. The monoisotopic (exact) mass is 187 g/mol. The molecule has 0 aliphatic carbocycles. The Morgan fingerprint density at radius 1 is 1.67 bits per heavy atom. The van der Waals surface area contributed by atoms with Gasteiger partial charge >= 0.3 is 0 Å². The number of carbonyl (C=O) groups excluding carboxylic acids is 1. The molecule has 2 nitrogen and oxygen atoms in total. The first-order chi connectivity index (χ1) is 4.25. The number of hydrogen-bond acceptors (Lipinski definition) is 1. The first kappa shape index (κ1) is 6.55. The van der Waals surface area contributed by atoms with Crippen LogP contribution in [0.3, 0.4) is 0 Å². The highest BCUT2D eigenvalue weighted by molar-refractivity contribution is 9.10. The van der Waals surface area contributed by atoms with Crippen LogP contribution in [0.2, 0.25) is 0 Å². The van der Waals surface area contributed by atoms with Gasteiger partial charge in [-0.1, -0.05) is 0 Å². The fourth-order valence-corrected chi connectivity index (χ4v) is 0.956.